The molecule has 4 nitrogen and oxygen atoms in total. The summed E-state index contributed by atoms with van der Waals surface area (Å²) < 4.78 is 2.89. The van der Waals surface area contributed by atoms with Crippen LogP contribution in [0.15, 0.2) is 34.9 Å². The monoisotopic (exact) mass is 336 g/mol. The fourth-order valence-corrected chi connectivity index (χ4v) is 2.57. The largest absolute Gasteiger partial charge is 0.317 e. The van der Waals surface area contributed by atoms with Crippen molar-refractivity contribution in [1.82, 2.24) is 20.3 Å². The van der Waals surface area contributed by atoms with Crippen LogP contribution in [0.2, 0.25) is 0 Å². The van der Waals surface area contributed by atoms with Gasteiger partial charge in [-0.15, -0.1) is 5.10 Å². The molecule has 0 spiro atoms. The molecule has 0 saturated carbocycles. The summed E-state index contributed by atoms with van der Waals surface area (Å²) in [6.07, 6.45) is 4.01. The molecule has 0 aliphatic rings. The molecular weight excluding hydrogens is 316 g/mol. The van der Waals surface area contributed by atoms with E-state index in [1.54, 1.807) is 4.68 Å². The number of aromatic nitrogens is 3. The van der Waals surface area contributed by atoms with Gasteiger partial charge in [0.05, 0.1) is 5.69 Å². The lowest BCUT2D eigenvalue weighted by Gasteiger charge is -2.16. The zero-order valence-electron chi connectivity index (χ0n) is 12.0. The Bertz CT molecular complexity index is 521. The van der Waals surface area contributed by atoms with Crippen LogP contribution in [0.5, 0.6) is 0 Å². The van der Waals surface area contributed by atoms with Gasteiger partial charge in [0.2, 0.25) is 0 Å². The molecule has 0 aliphatic carbocycles. The first kappa shape index (κ1) is 15.2. The van der Waals surface area contributed by atoms with E-state index in [-0.39, 0.29) is 0 Å². The number of benzene rings is 1. The average Bonchev–Trinajstić information content (AvgIpc) is 2.84. The van der Waals surface area contributed by atoms with Gasteiger partial charge in [0.1, 0.15) is 0 Å². The van der Waals surface area contributed by atoms with E-state index in [0.717, 1.165) is 36.1 Å². The zero-order valence-corrected chi connectivity index (χ0v) is 13.6. The molecule has 0 saturated heterocycles. The zero-order chi connectivity index (χ0) is 14.4. The Morgan fingerprint density at radius 1 is 1.25 bits per heavy atom. The number of hydrogen-bond acceptors (Lipinski definition) is 3. The highest BCUT2D eigenvalue weighted by molar-refractivity contribution is 9.10. The maximum Gasteiger partial charge on any atom is 0.0830 e. The highest BCUT2D eigenvalue weighted by atomic mass is 79.9. The first-order chi connectivity index (χ1) is 9.67. The Kier molecular flexibility index (Phi) is 5.73. The number of aryl methyl sites for hydroxylation is 1. The molecule has 0 radical (unpaired) electrons. The van der Waals surface area contributed by atoms with Crippen LogP contribution in [-0.2, 0) is 19.9 Å². The molecule has 1 aromatic carbocycles. The molecule has 5 heteroatoms. The van der Waals surface area contributed by atoms with E-state index in [1.165, 1.54) is 5.56 Å². The third-order valence-corrected chi connectivity index (χ3v) is 3.80. The smallest absolute Gasteiger partial charge is 0.0830 e. The van der Waals surface area contributed by atoms with Gasteiger partial charge in [-0.3, -0.25) is 4.68 Å². The Hall–Kier alpha value is -1.20. The Labute approximate surface area is 128 Å². The summed E-state index contributed by atoms with van der Waals surface area (Å²) in [6.45, 7) is 4.14. The Morgan fingerprint density at radius 2 is 2.00 bits per heavy atom. The molecule has 108 valence electrons. The van der Waals surface area contributed by atoms with Crippen LogP contribution < -0.4 is 5.32 Å². The van der Waals surface area contributed by atoms with Gasteiger partial charge in [0, 0.05) is 17.7 Å². The normalized spacial score (nSPS) is 12.6. The minimum atomic E-state index is 0.535. The van der Waals surface area contributed by atoms with Crippen LogP contribution in [-0.4, -0.2) is 28.1 Å². The number of hydrogen-bond donors (Lipinski definition) is 1. The number of rotatable bonds is 7. The van der Waals surface area contributed by atoms with E-state index in [1.807, 2.05) is 13.2 Å². The average molecular weight is 337 g/mol. The highest BCUT2D eigenvalue weighted by Crippen LogP contribution is 2.16. The molecule has 2 rings (SSSR count). The molecule has 0 aliphatic heterocycles. The second kappa shape index (κ2) is 7.55. The van der Waals surface area contributed by atoms with Crippen molar-refractivity contribution in [1.29, 1.82) is 0 Å². The molecule has 2 aromatic rings. The molecule has 0 fully saturated rings. The highest BCUT2D eigenvalue weighted by Gasteiger charge is 2.12. The van der Waals surface area contributed by atoms with Gasteiger partial charge in [0.15, 0.2) is 0 Å². The van der Waals surface area contributed by atoms with E-state index in [4.69, 9.17) is 0 Å². The molecule has 1 heterocycles. The van der Waals surface area contributed by atoms with Crippen LogP contribution in [0.4, 0.5) is 0 Å². The summed E-state index contributed by atoms with van der Waals surface area (Å²) in [4.78, 5) is 0. The van der Waals surface area contributed by atoms with Gasteiger partial charge in [-0.25, -0.2) is 0 Å². The fraction of sp³-hybridized carbons (Fsp3) is 0.467. The summed E-state index contributed by atoms with van der Waals surface area (Å²) >= 11 is 3.48. The quantitative estimate of drug-likeness (QED) is 0.845. The molecule has 0 bridgehead atoms. The molecule has 0 amide bonds. The van der Waals surface area contributed by atoms with E-state index in [0.29, 0.717) is 5.92 Å². The summed E-state index contributed by atoms with van der Waals surface area (Å²) in [5, 5.41) is 11.6. The minimum absolute atomic E-state index is 0.535. The standard InChI is InChI=1S/C15H21BrN4/c1-3-17-10-13(9-15-11-20(2)19-18-15)8-12-4-6-14(16)7-5-12/h4-7,11,13,17H,3,8-10H2,1-2H3. The van der Waals surface area contributed by atoms with Crippen LogP contribution in [0.1, 0.15) is 18.2 Å². The topological polar surface area (TPSA) is 42.7 Å². The first-order valence-corrected chi connectivity index (χ1v) is 7.77. The van der Waals surface area contributed by atoms with E-state index in [9.17, 15) is 0 Å². The number of nitrogens with zero attached hydrogens (tertiary/aromatic N) is 3. The minimum Gasteiger partial charge on any atom is -0.317 e. The van der Waals surface area contributed by atoms with Gasteiger partial charge >= 0.3 is 0 Å². The Balaban J connectivity index is 2.00. The summed E-state index contributed by atoms with van der Waals surface area (Å²) in [5.41, 5.74) is 2.42. The fourth-order valence-electron chi connectivity index (χ4n) is 2.30. The second-order valence-corrected chi connectivity index (χ2v) is 6.01. The molecule has 1 atom stereocenters. The molecule has 20 heavy (non-hydrogen) atoms. The van der Waals surface area contributed by atoms with Crippen molar-refractivity contribution in [3.05, 3.63) is 46.2 Å². The maximum atomic E-state index is 4.20. The lowest BCUT2D eigenvalue weighted by molar-refractivity contribution is 0.473. The van der Waals surface area contributed by atoms with Crippen LogP contribution >= 0.6 is 15.9 Å². The summed E-state index contributed by atoms with van der Waals surface area (Å²) in [5.74, 6) is 0.535. The van der Waals surface area contributed by atoms with Gasteiger partial charge in [-0.05, 0) is 49.5 Å². The number of nitrogens with one attached hydrogen (secondary N) is 1. The summed E-state index contributed by atoms with van der Waals surface area (Å²) in [6, 6.07) is 8.56. The van der Waals surface area contributed by atoms with Gasteiger partial charge in [-0.2, -0.15) is 0 Å². The van der Waals surface area contributed by atoms with Crippen molar-refractivity contribution < 1.29 is 0 Å². The third-order valence-electron chi connectivity index (χ3n) is 3.27. The molecule has 1 N–H and O–H groups in total. The van der Waals surface area contributed by atoms with Crippen LogP contribution in [0.3, 0.4) is 0 Å². The maximum absolute atomic E-state index is 4.20. The predicted molar refractivity (Wildman–Crippen MR) is 84.6 cm³/mol. The molecule has 1 unspecified atom stereocenters. The van der Waals surface area contributed by atoms with Gasteiger partial charge < -0.3 is 5.32 Å². The van der Waals surface area contributed by atoms with Gasteiger partial charge in [-0.1, -0.05) is 40.2 Å². The van der Waals surface area contributed by atoms with E-state index in [2.05, 4.69) is 62.7 Å². The lowest BCUT2D eigenvalue weighted by Crippen LogP contribution is -2.25. The predicted octanol–water partition coefficient (Wildman–Crippen LogP) is 2.59. The third kappa shape index (κ3) is 4.72. The molecular formula is C15H21BrN4. The molecule has 1 aromatic heterocycles. The second-order valence-electron chi connectivity index (χ2n) is 5.09. The SMILES string of the molecule is CCNCC(Cc1ccc(Br)cc1)Cc1cn(C)nn1. The summed E-state index contributed by atoms with van der Waals surface area (Å²) in [7, 11) is 1.91. The van der Waals surface area contributed by atoms with Crippen molar-refractivity contribution in [2.24, 2.45) is 13.0 Å². The van der Waals surface area contributed by atoms with Crippen molar-refractivity contribution in [3.63, 3.8) is 0 Å². The van der Waals surface area contributed by atoms with Crippen molar-refractivity contribution in [3.8, 4) is 0 Å². The first-order valence-electron chi connectivity index (χ1n) is 6.97. The van der Waals surface area contributed by atoms with Crippen LogP contribution in [0.25, 0.3) is 0 Å². The van der Waals surface area contributed by atoms with Crippen molar-refractivity contribution >= 4 is 15.9 Å². The van der Waals surface area contributed by atoms with E-state index < -0.39 is 0 Å². The Morgan fingerprint density at radius 3 is 2.60 bits per heavy atom. The lowest BCUT2D eigenvalue weighted by atomic mass is 9.95. The van der Waals surface area contributed by atoms with Crippen molar-refractivity contribution in [2.75, 3.05) is 13.1 Å². The van der Waals surface area contributed by atoms with E-state index >= 15 is 0 Å². The van der Waals surface area contributed by atoms with Gasteiger partial charge in [0.25, 0.3) is 0 Å². The van der Waals surface area contributed by atoms with Crippen LogP contribution in [0, 0.1) is 5.92 Å². The number of halogens is 1. The van der Waals surface area contributed by atoms with Crippen molar-refractivity contribution in [2.45, 2.75) is 19.8 Å².